The molecular weight excluding hydrogens is 255 g/mol. The quantitative estimate of drug-likeness (QED) is 0.890. The minimum Gasteiger partial charge on any atom is -0.348 e. The smallest absolute Gasteiger partial charge is 0.237 e. The highest BCUT2D eigenvalue weighted by Gasteiger charge is 2.42. The lowest BCUT2D eigenvalue weighted by Gasteiger charge is -2.21. The predicted octanol–water partition coefficient (Wildman–Crippen LogP) is 2.39. The Bertz CT molecular complexity index is 505. The fourth-order valence-corrected chi connectivity index (χ4v) is 3.64. The SMILES string of the molecule is C[C@@H](NC(=O)C1NCC2CCCC21)c1cccc(F)c1. The Morgan fingerprint density at radius 2 is 2.30 bits per heavy atom. The van der Waals surface area contributed by atoms with Crippen LogP contribution in [0.1, 0.15) is 37.8 Å². The van der Waals surface area contributed by atoms with Gasteiger partial charge in [0.1, 0.15) is 5.82 Å². The Balaban J connectivity index is 1.64. The van der Waals surface area contributed by atoms with Crippen molar-refractivity contribution in [3.63, 3.8) is 0 Å². The Morgan fingerprint density at radius 1 is 1.45 bits per heavy atom. The predicted molar refractivity (Wildman–Crippen MR) is 75.6 cm³/mol. The second-order valence-electron chi connectivity index (χ2n) is 6.03. The first-order chi connectivity index (χ1) is 9.65. The van der Waals surface area contributed by atoms with E-state index in [1.54, 1.807) is 6.07 Å². The van der Waals surface area contributed by atoms with Crippen LogP contribution in [-0.2, 0) is 4.79 Å². The molecule has 3 rings (SSSR count). The molecule has 1 heterocycles. The first-order valence-corrected chi connectivity index (χ1v) is 7.44. The number of hydrogen-bond donors (Lipinski definition) is 2. The molecule has 2 aliphatic rings. The molecule has 108 valence electrons. The minimum absolute atomic E-state index is 0.0520. The lowest BCUT2D eigenvalue weighted by atomic mass is 9.93. The number of halogens is 1. The standard InChI is InChI=1S/C16H21FN2O/c1-10(11-4-2-6-13(17)8-11)19-16(20)15-14-7-3-5-12(14)9-18-15/h2,4,6,8,10,12,14-15,18H,3,5,7,9H2,1H3,(H,19,20)/t10-,12?,14?,15?/m1/s1. The van der Waals surface area contributed by atoms with Gasteiger partial charge in [-0.15, -0.1) is 0 Å². The van der Waals surface area contributed by atoms with Gasteiger partial charge in [-0.25, -0.2) is 4.39 Å². The van der Waals surface area contributed by atoms with Gasteiger partial charge in [0, 0.05) is 0 Å². The molecule has 1 aliphatic heterocycles. The van der Waals surface area contributed by atoms with Gasteiger partial charge in [0.15, 0.2) is 0 Å². The Labute approximate surface area is 118 Å². The van der Waals surface area contributed by atoms with Gasteiger partial charge in [-0.05, 0) is 55.8 Å². The molecule has 2 N–H and O–H groups in total. The maximum atomic E-state index is 13.2. The van der Waals surface area contributed by atoms with Crippen molar-refractivity contribution in [2.75, 3.05) is 6.54 Å². The lowest BCUT2D eigenvalue weighted by molar-refractivity contribution is -0.124. The van der Waals surface area contributed by atoms with Crippen LogP contribution in [0.25, 0.3) is 0 Å². The zero-order valence-corrected chi connectivity index (χ0v) is 11.7. The van der Waals surface area contributed by atoms with Gasteiger partial charge in [-0.1, -0.05) is 18.6 Å². The number of nitrogens with one attached hydrogen (secondary N) is 2. The summed E-state index contributed by atoms with van der Waals surface area (Å²) < 4.78 is 13.2. The van der Waals surface area contributed by atoms with Gasteiger partial charge in [-0.2, -0.15) is 0 Å². The summed E-state index contributed by atoms with van der Waals surface area (Å²) in [5.74, 6) is 0.930. The van der Waals surface area contributed by atoms with Gasteiger partial charge < -0.3 is 10.6 Å². The number of benzene rings is 1. The van der Waals surface area contributed by atoms with E-state index in [0.29, 0.717) is 11.8 Å². The van der Waals surface area contributed by atoms with E-state index in [-0.39, 0.29) is 23.8 Å². The van der Waals surface area contributed by atoms with E-state index >= 15 is 0 Å². The first kappa shape index (κ1) is 13.6. The van der Waals surface area contributed by atoms with Crippen molar-refractivity contribution in [3.8, 4) is 0 Å². The van der Waals surface area contributed by atoms with Crippen LogP contribution < -0.4 is 10.6 Å². The molecule has 20 heavy (non-hydrogen) atoms. The number of hydrogen-bond acceptors (Lipinski definition) is 2. The third-order valence-corrected chi connectivity index (χ3v) is 4.74. The zero-order valence-electron chi connectivity index (χ0n) is 11.7. The summed E-state index contributed by atoms with van der Waals surface area (Å²) in [5.41, 5.74) is 0.805. The van der Waals surface area contributed by atoms with Crippen LogP contribution >= 0.6 is 0 Å². The van der Waals surface area contributed by atoms with Crippen molar-refractivity contribution < 1.29 is 9.18 Å². The number of fused-ring (bicyclic) bond motifs is 1. The molecule has 0 spiro atoms. The van der Waals surface area contributed by atoms with E-state index in [4.69, 9.17) is 0 Å². The van der Waals surface area contributed by atoms with E-state index < -0.39 is 0 Å². The van der Waals surface area contributed by atoms with Crippen molar-refractivity contribution in [3.05, 3.63) is 35.6 Å². The fourth-order valence-electron chi connectivity index (χ4n) is 3.64. The van der Waals surface area contributed by atoms with Crippen molar-refractivity contribution >= 4 is 5.91 Å². The topological polar surface area (TPSA) is 41.1 Å². The number of rotatable bonds is 3. The molecule has 1 saturated heterocycles. The Morgan fingerprint density at radius 3 is 3.10 bits per heavy atom. The van der Waals surface area contributed by atoms with Gasteiger partial charge in [0.25, 0.3) is 0 Å². The van der Waals surface area contributed by atoms with Crippen LogP contribution in [0.5, 0.6) is 0 Å². The number of amides is 1. The third kappa shape index (κ3) is 2.57. The minimum atomic E-state index is -0.265. The molecule has 1 aliphatic carbocycles. The Hall–Kier alpha value is -1.42. The summed E-state index contributed by atoms with van der Waals surface area (Å²) in [7, 11) is 0. The molecule has 2 fully saturated rings. The van der Waals surface area contributed by atoms with Gasteiger partial charge in [0.2, 0.25) is 5.91 Å². The third-order valence-electron chi connectivity index (χ3n) is 4.74. The van der Waals surface area contributed by atoms with Crippen LogP contribution in [0, 0.1) is 17.7 Å². The summed E-state index contributed by atoms with van der Waals surface area (Å²) in [5, 5.41) is 6.35. The second-order valence-corrected chi connectivity index (χ2v) is 6.03. The lowest BCUT2D eigenvalue weighted by Crippen LogP contribution is -2.44. The molecule has 0 bridgehead atoms. The van der Waals surface area contributed by atoms with Crippen molar-refractivity contribution in [2.45, 2.75) is 38.3 Å². The zero-order chi connectivity index (χ0) is 14.1. The summed E-state index contributed by atoms with van der Waals surface area (Å²) in [6, 6.07) is 6.17. The normalized spacial score (nSPS) is 30.0. The van der Waals surface area contributed by atoms with Crippen LogP contribution in [0.4, 0.5) is 4.39 Å². The van der Waals surface area contributed by atoms with Gasteiger partial charge >= 0.3 is 0 Å². The molecule has 4 atom stereocenters. The van der Waals surface area contributed by atoms with Crippen LogP contribution in [0.2, 0.25) is 0 Å². The summed E-state index contributed by atoms with van der Waals surface area (Å²) in [4.78, 5) is 12.4. The maximum absolute atomic E-state index is 13.2. The highest BCUT2D eigenvalue weighted by Crippen LogP contribution is 2.37. The molecule has 3 unspecified atom stereocenters. The van der Waals surface area contributed by atoms with Crippen molar-refractivity contribution in [2.24, 2.45) is 11.8 Å². The average Bonchev–Trinajstić information content (AvgIpc) is 3.00. The summed E-state index contributed by atoms with van der Waals surface area (Å²) in [6.07, 6.45) is 3.62. The molecule has 0 radical (unpaired) electrons. The first-order valence-electron chi connectivity index (χ1n) is 7.44. The molecule has 1 saturated carbocycles. The number of carbonyl (C=O) groups is 1. The summed E-state index contributed by atoms with van der Waals surface area (Å²) >= 11 is 0. The molecule has 4 heteroatoms. The molecule has 1 aromatic rings. The highest BCUT2D eigenvalue weighted by molar-refractivity contribution is 5.83. The number of carbonyl (C=O) groups excluding carboxylic acids is 1. The second kappa shape index (κ2) is 5.52. The molecule has 1 amide bonds. The van der Waals surface area contributed by atoms with E-state index in [0.717, 1.165) is 18.5 Å². The molecule has 0 aromatic heterocycles. The highest BCUT2D eigenvalue weighted by atomic mass is 19.1. The maximum Gasteiger partial charge on any atom is 0.237 e. The van der Waals surface area contributed by atoms with E-state index in [1.807, 2.05) is 13.0 Å². The van der Waals surface area contributed by atoms with E-state index in [9.17, 15) is 9.18 Å². The van der Waals surface area contributed by atoms with E-state index in [2.05, 4.69) is 10.6 Å². The molecule has 3 nitrogen and oxygen atoms in total. The van der Waals surface area contributed by atoms with Crippen LogP contribution in [0.15, 0.2) is 24.3 Å². The van der Waals surface area contributed by atoms with Crippen molar-refractivity contribution in [1.29, 1.82) is 0 Å². The monoisotopic (exact) mass is 276 g/mol. The molecular formula is C16H21FN2O. The van der Waals surface area contributed by atoms with E-state index in [1.165, 1.54) is 25.0 Å². The summed E-state index contributed by atoms with van der Waals surface area (Å²) in [6.45, 7) is 2.85. The van der Waals surface area contributed by atoms with Crippen molar-refractivity contribution in [1.82, 2.24) is 10.6 Å². The van der Waals surface area contributed by atoms with Crippen LogP contribution in [0.3, 0.4) is 0 Å². The largest absolute Gasteiger partial charge is 0.348 e. The van der Waals surface area contributed by atoms with Crippen LogP contribution in [-0.4, -0.2) is 18.5 Å². The van der Waals surface area contributed by atoms with Gasteiger partial charge in [-0.3, -0.25) is 4.79 Å². The van der Waals surface area contributed by atoms with Gasteiger partial charge in [0.05, 0.1) is 12.1 Å². The Kier molecular flexibility index (Phi) is 3.74. The fraction of sp³-hybridized carbons (Fsp3) is 0.562. The molecule has 1 aromatic carbocycles. The average molecular weight is 276 g/mol.